The highest BCUT2D eigenvalue weighted by Crippen LogP contribution is 2.47. The lowest BCUT2D eigenvalue weighted by Gasteiger charge is -2.44. The minimum atomic E-state index is -0.697. The normalized spacial score (nSPS) is 31.9. The molecule has 1 aliphatic carbocycles. The summed E-state index contributed by atoms with van der Waals surface area (Å²) in [6.45, 7) is 9.75. The number of hydrogen-bond acceptors (Lipinski definition) is 2. The third-order valence-corrected chi connectivity index (χ3v) is 4.64. The molecule has 3 heteroatoms. The molecule has 0 radical (unpaired) electrons. The van der Waals surface area contributed by atoms with Crippen LogP contribution in [0.5, 0.6) is 0 Å². The number of aliphatic hydroxyl groups is 1. The van der Waals surface area contributed by atoms with Gasteiger partial charge in [-0.1, -0.05) is 34.1 Å². The van der Waals surface area contributed by atoms with Gasteiger partial charge in [0.15, 0.2) is 0 Å². The highest BCUT2D eigenvalue weighted by molar-refractivity contribution is 5.16. The van der Waals surface area contributed by atoms with Gasteiger partial charge in [0.05, 0.1) is 5.69 Å². The highest BCUT2D eigenvalue weighted by atomic mass is 16.3. The van der Waals surface area contributed by atoms with Crippen LogP contribution in [0, 0.1) is 17.8 Å². The summed E-state index contributed by atoms with van der Waals surface area (Å²) in [6, 6.07) is 2.02. The maximum atomic E-state index is 11.4. The molecule has 1 aromatic heterocycles. The Bertz CT molecular complexity index is 413. The molecule has 3 unspecified atom stereocenters. The smallest absolute Gasteiger partial charge is 0.109 e. The van der Waals surface area contributed by atoms with Gasteiger partial charge in [-0.05, 0) is 43.1 Å². The molecule has 1 saturated carbocycles. The van der Waals surface area contributed by atoms with Crippen LogP contribution < -0.4 is 0 Å². The molecule has 2 rings (SSSR count). The van der Waals surface area contributed by atoms with E-state index in [-0.39, 0.29) is 0 Å². The Labute approximate surface area is 117 Å². The first kappa shape index (κ1) is 14.6. The predicted molar refractivity (Wildman–Crippen MR) is 77.8 cm³/mol. The summed E-state index contributed by atoms with van der Waals surface area (Å²) < 4.78 is 2.01. The summed E-state index contributed by atoms with van der Waals surface area (Å²) in [6.07, 6.45) is 6.09. The van der Waals surface area contributed by atoms with E-state index < -0.39 is 5.60 Å². The Balaban J connectivity index is 2.37. The van der Waals surface area contributed by atoms with E-state index in [2.05, 4.69) is 32.8 Å². The van der Waals surface area contributed by atoms with Crippen LogP contribution in [-0.2, 0) is 12.1 Å². The lowest BCUT2D eigenvalue weighted by Crippen LogP contribution is -2.44. The van der Waals surface area contributed by atoms with Gasteiger partial charge in [-0.2, -0.15) is 5.10 Å². The average Bonchev–Trinajstić information content (AvgIpc) is 2.77. The molecular formula is C16H28N2O. The molecule has 1 aliphatic rings. The fourth-order valence-electron chi connectivity index (χ4n) is 3.76. The highest BCUT2D eigenvalue weighted by Gasteiger charge is 2.45. The van der Waals surface area contributed by atoms with Crippen molar-refractivity contribution in [1.29, 1.82) is 0 Å². The molecule has 3 atom stereocenters. The Morgan fingerprint density at radius 1 is 1.47 bits per heavy atom. The van der Waals surface area contributed by atoms with Gasteiger partial charge >= 0.3 is 0 Å². The van der Waals surface area contributed by atoms with E-state index in [4.69, 9.17) is 0 Å². The number of rotatable bonds is 4. The van der Waals surface area contributed by atoms with Crippen LogP contribution in [0.25, 0.3) is 0 Å². The summed E-state index contributed by atoms with van der Waals surface area (Å²) >= 11 is 0. The SMILES string of the molecule is CCCn1nccc1C1(O)CC(C)CCC1C(C)C. The van der Waals surface area contributed by atoms with E-state index >= 15 is 0 Å². The second-order valence-electron chi connectivity index (χ2n) is 6.60. The van der Waals surface area contributed by atoms with Crippen LogP contribution in [0.1, 0.15) is 59.1 Å². The first-order valence-electron chi connectivity index (χ1n) is 7.73. The fraction of sp³-hybridized carbons (Fsp3) is 0.812. The van der Waals surface area contributed by atoms with Gasteiger partial charge in [0.25, 0.3) is 0 Å². The Hall–Kier alpha value is -0.830. The molecule has 0 aromatic carbocycles. The standard InChI is InChI=1S/C16H28N2O/c1-5-10-18-15(8-9-17-18)16(19)11-13(4)6-7-14(16)12(2)3/h8-9,12-14,19H,5-7,10-11H2,1-4H3. The second-order valence-corrected chi connectivity index (χ2v) is 6.60. The van der Waals surface area contributed by atoms with E-state index in [0.29, 0.717) is 17.8 Å². The molecule has 0 saturated heterocycles. The predicted octanol–water partition coefficient (Wildman–Crippen LogP) is 3.57. The van der Waals surface area contributed by atoms with Crippen molar-refractivity contribution < 1.29 is 5.11 Å². The quantitative estimate of drug-likeness (QED) is 0.902. The molecule has 1 heterocycles. The number of aryl methyl sites for hydroxylation is 1. The molecule has 0 aliphatic heterocycles. The molecule has 0 amide bonds. The maximum absolute atomic E-state index is 11.4. The van der Waals surface area contributed by atoms with Crippen molar-refractivity contribution in [1.82, 2.24) is 9.78 Å². The summed E-state index contributed by atoms with van der Waals surface area (Å²) in [5, 5.41) is 15.8. The average molecular weight is 264 g/mol. The first-order chi connectivity index (χ1) is 8.99. The maximum Gasteiger partial charge on any atom is 0.109 e. The lowest BCUT2D eigenvalue weighted by molar-refractivity contribution is -0.0926. The summed E-state index contributed by atoms with van der Waals surface area (Å²) in [5.74, 6) is 1.43. The molecule has 1 N–H and O–H groups in total. The Morgan fingerprint density at radius 2 is 2.21 bits per heavy atom. The van der Waals surface area contributed by atoms with Crippen molar-refractivity contribution in [2.45, 2.75) is 65.5 Å². The Kier molecular flexibility index (Phi) is 4.34. The van der Waals surface area contributed by atoms with Gasteiger partial charge < -0.3 is 5.11 Å². The van der Waals surface area contributed by atoms with Crippen molar-refractivity contribution >= 4 is 0 Å². The van der Waals surface area contributed by atoms with Crippen LogP contribution >= 0.6 is 0 Å². The zero-order valence-electron chi connectivity index (χ0n) is 12.8. The molecule has 1 fully saturated rings. The summed E-state index contributed by atoms with van der Waals surface area (Å²) in [4.78, 5) is 0. The van der Waals surface area contributed by atoms with E-state index in [0.717, 1.165) is 31.5 Å². The number of nitrogens with zero attached hydrogens (tertiary/aromatic N) is 2. The van der Waals surface area contributed by atoms with E-state index in [9.17, 15) is 5.11 Å². The summed E-state index contributed by atoms with van der Waals surface area (Å²) in [5.41, 5.74) is 0.330. The zero-order chi connectivity index (χ0) is 14.0. The van der Waals surface area contributed by atoms with E-state index in [1.807, 2.05) is 16.9 Å². The number of hydrogen-bond donors (Lipinski definition) is 1. The van der Waals surface area contributed by atoms with Crippen molar-refractivity contribution in [3.05, 3.63) is 18.0 Å². The largest absolute Gasteiger partial charge is 0.383 e. The van der Waals surface area contributed by atoms with Crippen molar-refractivity contribution in [3.63, 3.8) is 0 Å². The number of aromatic nitrogens is 2. The third kappa shape index (κ3) is 2.71. The molecular weight excluding hydrogens is 236 g/mol. The molecule has 19 heavy (non-hydrogen) atoms. The van der Waals surface area contributed by atoms with Crippen molar-refractivity contribution in [3.8, 4) is 0 Å². The van der Waals surface area contributed by atoms with E-state index in [1.54, 1.807) is 0 Å². The lowest BCUT2D eigenvalue weighted by atomic mass is 9.65. The minimum Gasteiger partial charge on any atom is -0.383 e. The molecule has 1 aromatic rings. The Morgan fingerprint density at radius 3 is 2.84 bits per heavy atom. The van der Waals surface area contributed by atoms with Gasteiger partial charge in [0, 0.05) is 12.7 Å². The van der Waals surface area contributed by atoms with Gasteiger partial charge in [0.1, 0.15) is 5.60 Å². The molecule has 0 spiro atoms. The van der Waals surface area contributed by atoms with Gasteiger partial charge in [-0.25, -0.2) is 0 Å². The van der Waals surface area contributed by atoms with Crippen LogP contribution in [-0.4, -0.2) is 14.9 Å². The van der Waals surface area contributed by atoms with Gasteiger partial charge in [-0.15, -0.1) is 0 Å². The molecule has 3 nitrogen and oxygen atoms in total. The van der Waals surface area contributed by atoms with E-state index in [1.165, 1.54) is 6.42 Å². The van der Waals surface area contributed by atoms with Crippen LogP contribution in [0.15, 0.2) is 12.3 Å². The van der Waals surface area contributed by atoms with Gasteiger partial charge in [0.2, 0.25) is 0 Å². The minimum absolute atomic E-state index is 0.344. The van der Waals surface area contributed by atoms with Crippen LogP contribution in [0.4, 0.5) is 0 Å². The van der Waals surface area contributed by atoms with Gasteiger partial charge in [-0.3, -0.25) is 4.68 Å². The van der Waals surface area contributed by atoms with Crippen molar-refractivity contribution in [2.75, 3.05) is 0 Å². The zero-order valence-corrected chi connectivity index (χ0v) is 12.8. The summed E-state index contributed by atoms with van der Waals surface area (Å²) in [7, 11) is 0. The fourth-order valence-corrected chi connectivity index (χ4v) is 3.76. The third-order valence-electron chi connectivity index (χ3n) is 4.64. The van der Waals surface area contributed by atoms with Crippen molar-refractivity contribution in [2.24, 2.45) is 17.8 Å². The monoisotopic (exact) mass is 264 g/mol. The molecule has 108 valence electrons. The van der Waals surface area contributed by atoms with Crippen LogP contribution in [0.3, 0.4) is 0 Å². The first-order valence-corrected chi connectivity index (χ1v) is 7.73. The second kappa shape index (κ2) is 5.66. The van der Waals surface area contributed by atoms with Crippen LogP contribution in [0.2, 0.25) is 0 Å². The topological polar surface area (TPSA) is 38.0 Å². The molecule has 0 bridgehead atoms.